The Bertz CT molecular complexity index is 567. The summed E-state index contributed by atoms with van der Waals surface area (Å²) in [6.07, 6.45) is 0. The molecule has 1 aromatic heterocycles. The van der Waals surface area contributed by atoms with E-state index >= 15 is 0 Å². The van der Waals surface area contributed by atoms with E-state index in [-0.39, 0.29) is 11.2 Å². The van der Waals surface area contributed by atoms with Crippen LogP contribution in [-0.2, 0) is 12.5 Å². The highest BCUT2D eigenvalue weighted by molar-refractivity contribution is 5.87. The molecule has 0 bridgehead atoms. The molecule has 0 aliphatic carbocycles. The molecule has 1 heterocycles. The molecule has 0 unspecified atom stereocenters. The molecular weight excluding hydrogens is 215 g/mol. The summed E-state index contributed by atoms with van der Waals surface area (Å²) in [5, 5.41) is 0.973. The fourth-order valence-corrected chi connectivity index (χ4v) is 2.54. The Balaban J connectivity index is 2.90. The third-order valence-electron chi connectivity index (χ3n) is 3.64. The predicted octanol–water partition coefficient (Wildman–Crippen LogP) is 2.86. The SMILES string of the molecule is Cc1c(C(C)(C)CN)c2cccc(F)c2n1C. The molecule has 17 heavy (non-hydrogen) atoms. The molecule has 0 radical (unpaired) electrons. The summed E-state index contributed by atoms with van der Waals surface area (Å²) >= 11 is 0. The van der Waals surface area contributed by atoms with Crippen molar-refractivity contribution in [2.45, 2.75) is 26.2 Å². The second kappa shape index (κ2) is 3.84. The first-order valence-electron chi connectivity index (χ1n) is 5.84. The van der Waals surface area contributed by atoms with Gasteiger partial charge in [0.1, 0.15) is 5.82 Å². The van der Waals surface area contributed by atoms with Crippen molar-refractivity contribution in [3.8, 4) is 0 Å². The van der Waals surface area contributed by atoms with Crippen LogP contribution in [0, 0.1) is 12.7 Å². The third-order valence-corrected chi connectivity index (χ3v) is 3.64. The average molecular weight is 234 g/mol. The van der Waals surface area contributed by atoms with Gasteiger partial charge in [-0.1, -0.05) is 26.0 Å². The van der Waals surface area contributed by atoms with Gasteiger partial charge in [-0.3, -0.25) is 0 Å². The lowest BCUT2D eigenvalue weighted by molar-refractivity contribution is 0.537. The van der Waals surface area contributed by atoms with E-state index in [1.165, 1.54) is 6.07 Å². The second-order valence-electron chi connectivity index (χ2n) is 5.24. The number of benzene rings is 1. The molecule has 0 atom stereocenters. The fourth-order valence-electron chi connectivity index (χ4n) is 2.54. The number of nitrogens with two attached hydrogens (primary N) is 1. The monoisotopic (exact) mass is 234 g/mol. The molecule has 0 saturated carbocycles. The highest BCUT2D eigenvalue weighted by atomic mass is 19.1. The van der Waals surface area contributed by atoms with Crippen LogP contribution in [0.25, 0.3) is 10.9 Å². The van der Waals surface area contributed by atoms with E-state index in [0.717, 1.165) is 16.6 Å². The van der Waals surface area contributed by atoms with Crippen LogP contribution in [0.4, 0.5) is 4.39 Å². The van der Waals surface area contributed by atoms with E-state index < -0.39 is 0 Å². The molecule has 92 valence electrons. The lowest BCUT2D eigenvalue weighted by Gasteiger charge is -2.23. The van der Waals surface area contributed by atoms with Crippen molar-refractivity contribution in [2.75, 3.05) is 6.54 Å². The van der Waals surface area contributed by atoms with E-state index in [1.54, 1.807) is 6.07 Å². The first-order valence-corrected chi connectivity index (χ1v) is 5.84. The summed E-state index contributed by atoms with van der Waals surface area (Å²) < 4.78 is 15.8. The minimum absolute atomic E-state index is 0.141. The summed E-state index contributed by atoms with van der Waals surface area (Å²) in [6.45, 7) is 6.76. The van der Waals surface area contributed by atoms with Gasteiger partial charge in [-0.2, -0.15) is 0 Å². The predicted molar refractivity (Wildman–Crippen MR) is 69.7 cm³/mol. The van der Waals surface area contributed by atoms with E-state index in [0.29, 0.717) is 12.1 Å². The molecule has 2 nitrogen and oxygen atoms in total. The Morgan fingerprint density at radius 3 is 2.59 bits per heavy atom. The van der Waals surface area contributed by atoms with Crippen molar-refractivity contribution in [2.24, 2.45) is 12.8 Å². The molecule has 0 saturated heterocycles. The zero-order chi connectivity index (χ0) is 12.8. The van der Waals surface area contributed by atoms with Gasteiger partial charge >= 0.3 is 0 Å². The third kappa shape index (κ3) is 1.65. The number of aryl methyl sites for hydroxylation is 1. The molecule has 2 N–H and O–H groups in total. The molecule has 0 aliphatic rings. The summed E-state index contributed by atoms with van der Waals surface area (Å²) in [5.74, 6) is -0.174. The Morgan fingerprint density at radius 2 is 2.00 bits per heavy atom. The molecule has 3 heteroatoms. The van der Waals surface area contributed by atoms with Crippen molar-refractivity contribution < 1.29 is 4.39 Å². The Kier molecular flexibility index (Phi) is 2.74. The molecule has 0 aliphatic heterocycles. The van der Waals surface area contributed by atoms with Crippen LogP contribution >= 0.6 is 0 Å². The number of hydrogen-bond donors (Lipinski definition) is 1. The summed E-state index contributed by atoms with van der Waals surface area (Å²) in [5.41, 5.74) is 8.60. The lowest BCUT2D eigenvalue weighted by Crippen LogP contribution is -2.28. The Hall–Kier alpha value is -1.35. The highest BCUT2D eigenvalue weighted by Crippen LogP contribution is 2.35. The normalized spacial score (nSPS) is 12.4. The van der Waals surface area contributed by atoms with Crippen molar-refractivity contribution >= 4 is 10.9 Å². The van der Waals surface area contributed by atoms with E-state index in [1.807, 2.05) is 24.6 Å². The molecule has 1 aromatic carbocycles. The highest BCUT2D eigenvalue weighted by Gasteiger charge is 2.27. The lowest BCUT2D eigenvalue weighted by atomic mass is 9.83. The van der Waals surface area contributed by atoms with Gasteiger partial charge in [-0.05, 0) is 18.6 Å². The van der Waals surface area contributed by atoms with E-state index in [2.05, 4.69) is 13.8 Å². The Labute approximate surface area is 101 Å². The molecule has 2 aromatic rings. The maximum atomic E-state index is 13.9. The number of nitrogens with zero attached hydrogens (tertiary/aromatic N) is 1. The van der Waals surface area contributed by atoms with Crippen LogP contribution in [0.15, 0.2) is 18.2 Å². The quantitative estimate of drug-likeness (QED) is 0.851. The van der Waals surface area contributed by atoms with Gasteiger partial charge in [0, 0.05) is 30.1 Å². The van der Waals surface area contributed by atoms with Crippen molar-refractivity contribution in [1.82, 2.24) is 4.57 Å². The Morgan fingerprint density at radius 1 is 1.35 bits per heavy atom. The molecular formula is C14H19FN2. The standard InChI is InChI=1S/C14H19FN2/c1-9-12(14(2,3)8-16)10-6-5-7-11(15)13(10)17(9)4/h5-7H,8,16H2,1-4H3. The number of rotatable bonds is 2. The first kappa shape index (κ1) is 12.1. The minimum Gasteiger partial charge on any atom is -0.345 e. The summed E-state index contributed by atoms with van der Waals surface area (Å²) in [6, 6.07) is 5.23. The number of halogens is 1. The van der Waals surface area contributed by atoms with Crippen LogP contribution in [0.5, 0.6) is 0 Å². The van der Waals surface area contributed by atoms with E-state index in [4.69, 9.17) is 5.73 Å². The first-order chi connectivity index (χ1) is 7.90. The van der Waals surface area contributed by atoms with Gasteiger partial charge < -0.3 is 10.3 Å². The summed E-state index contributed by atoms with van der Waals surface area (Å²) in [7, 11) is 1.90. The zero-order valence-corrected chi connectivity index (χ0v) is 10.8. The minimum atomic E-state index is -0.174. The second-order valence-corrected chi connectivity index (χ2v) is 5.24. The summed E-state index contributed by atoms with van der Waals surface area (Å²) in [4.78, 5) is 0. The largest absolute Gasteiger partial charge is 0.345 e. The van der Waals surface area contributed by atoms with E-state index in [9.17, 15) is 4.39 Å². The fraction of sp³-hybridized carbons (Fsp3) is 0.429. The maximum Gasteiger partial charge on any atom is 0.147 e. The number of para-hydroxylation sites is 1. The average Bonchev–Trinajstić information content (AvgIpc) is 2.53. The van der Waals surface area contributed by atoms with Gasteiger partial charge in [0.25, 0.3) is 0 Å². The van der Waals surface area contributed by atoms with Gasteiger partial charge in [-0.25, -0.2) is 4.39 Å². The van der Waals surface area contributed by atoms with Crippen LogP contribution in [-0.4, -0.2) is 11.1 Å². The number of fused-ring (bicyclic) bond motifs is 1. The van der Waals surface area contributed by atoms with Gasteiger partial charge in [0.15, 0.2) is 0 Å². The maximum absolute atomic E-state index is 13.9. The molecule has 0 fully saturated rings. The van der Waals surface area contributed by atoms with Crippen molar-refractivity contribution in [3.05, 3.63) is 35.3 Å². The topological polar surface area (TPSA) is 30.9 Å². The molecule has 2 rings (SSSR count). The van der Waals surface area contributed by atoms with Gasteiger partial charge in [0.2, 0.25) is 0 Å². The molecule has 0 spiro atoms. The number of hydrogen-bond acceptors (Lipinski definition) is 1. The van der Waals surface area contributed by atoms with Crippen molar-refractivity contribution in [3.63, 3.8) is 0 Å². The smallest absolute Gasteiger partial charge is 0.147 e. The van der Waals surface area contributed by atoms with Crippen LogP contribution in [0.2, 0.25) is 0 Å². The molecule has 0 amide bonds. The van der Waals surface area contributed by atoms with Crippen molar-refractivity contribution in [1.29, 1.82) is 0 Å². The zero-order valence-electron chi connectivity index (χ0n) is 10.8. The number of aromatic nitrogens is 1. The van der Waals surface area contributed by atoms with Crippen LogP contribution in [0.1, 0.15) is 25.1 Å². The van der Waals surface area contributed by atoms with Gasteiger partial charge in [0.05, 0.1) is 5.52 Å². The van der Waals surface area contributed by atoms with Crippen LogP contribution < -0.4 is 5.73 Å². The van der Waals surface area contributed by atoms with Crippen LogP contribution in [0.3, 0.4) is 0 Å². The van der Waals surface area contributed by atoms with Gasteiger partial charge in [-0.15, -0.1) is 0 Å².